The Morgan fingerprint density at radius 1 is 1.36 bits per heavy atom. The van der Waals surface area contributed by atoms with Crippen molar-refractivity contribution in [3.63, 3.8) is 0 Å². The van der Waals surface area contributed by atoms with Gasteiger partial charge in [-0.1, -0.05) is 23.7 Å². The van der Waals surface area contributed by atoms with Crippen LogP contribution in [0.3, 0.4) is 0 Å². The fourth-order valence-corrected chi connectivity index (χ4v) is 3.31. The number of nitrogens with one attached hydrogen (secondary N) is 1. The molecule has 2 aromatic rings. The number of aromatic amines is 1. The van der Waals surface area contributed by atoms with Gasteiger partial charge in [-0.05, 0) is 44.4 Å². The Morgan fingerprint density at radius 2 is 2.09 bits per heavy atom. The van der Waals surface area contributed by atoms with Gasteiger partial charge in [-0.25, -0.2) is 0 Å². The maximum atomic E-state index is 12.7. The number of amides is 1. The molecule has 0 unspecified atom stereocenters. The standard InChI is InChI=1S/C17H20ClN3O/c1-11-15(12(2)20-19-11)10-17(22)21-9-3-4-16(21)13-5-7-14(18)8-6-13/h5-8,16H,3-4,9-10H2,1-2H3,(H,19,20)/t16-/m0/s1. The number of carbonyl (C=O) groups excluding carboxylic acids is 1. The average molecular weight is 318 g/mol. The lowest BCUT2D eigenvalue weighted by Gasteiger charge is -2.25. The molecule has 22 heavy (non-hydrogen) atoms. The van der Waals surface area contributed by atoms with Crippen LogP contribution in [0.5, 0.6) is 0 Å². The fraction of sp³-hybridized carbons (Fsp3) is 0.412. The minimum Gasteiger partial charge on any atom is -0.335 e. The zero-order valence-corrected chi connectivity index (χ0v) is 13.7. The Labute approximate surface area is 135 Å². The molecule has 0 radical (unpaired) electrons. The molecule has 1 amide bonds. The number of hydrogen-bond acceptors (Lipinski definition) is 2. The van der Waals surface area contributed by atoms with Crippen LogP contribution in [0.15, 0.2) is 24.3 Å². The van der Waals surface area contributed by atoms with Gasteiger partial charge in [0.2, 0.25) is 5.91 Å². The van der Waals surface area contributed by atoms with Crippen LogP contribution in [0, 0.1) is 13.8 Å². The maximum Gasteiger partial charge on any atom is 0.227 e. The molecule has 1 aliphatic rings. The van der Waals surface area contributed by atoms with Crippen LogP contribution in [0.2, 0.25) is 5.02 Å². The highest BCUT2D eigenvalue weighted by Gasteiger charge is 2.30. The molecule has 3 rings (SSSR count). The van der Waals surface area contributed by atoms with Crippen LogP contribution < -0.4 is 0 Å². The summed E-state index contributed by atoms with van der Waals surface area (Å²) in [6.45, 7) is 4.72. The summed E-state index contributed by atoms with van der Waals surface area (Å²) in [4.78, 5) is 14.7. The Bertz CT molecular complexity index is 658. The van der Waals surface area contributed by atoms with Crippen molar-refractivity contribution < 1.29 is 4.79 Å². The largest absolute Gasteiger partial charge is 0.335 e. The zero-order chi connectivity index (χ0) is 15.7. The minimum absolute atomic E-state index is 0.164. The Kier molecular flexibility index (Phi) is 4.21. The highest BCUT2D eigenvalue weighted by atomic mass is 35.5. The molecule has 0 aliphatic carbocycles. The zero-order valence-electron chi connectivity index (χ0n) is 12.9. The molecule has 0 saturated carbocycles. The molecule has 1 aliphatic heterocycles. The van der Waals surface area contributed by atoms with Crippen LogP contribution in [0.4, 0.5) is 0 Å². The van der Waals surface area contributed by atoms with E-state index in [0.29, 0.717) is 6.42 Å². The van der Waals surface area contributed by atoms with Gasteiger partial charge in [0.15, 0.2) is 0 Å². The predicted molar refractivity (Wildman–Crippen MR) is 86.9 cm³/mol. The van der Waals surface area contributed by atoms with Crippen molar-refractivity contribution in [2.24, 2.45) is 0 Å². The van der Waals surface area contributed by atoms with Gasteiger partial charge in [0.1, 0.15) is 0 Å². The van der Waals surface area contributed by atoms with E-state index < -0.39 is 0 Å². The van der Waals surface area contributed by atoms with Crippen molar-refractivity contribution in [3.05, 3.63) is 51.8 Å². The van der Waals surface area contributed by atoms with Crippen molar-refractivity contribution in [2.75, 3.05) is 6.54 Å². The van der Waals surface area contributed by atoms with Crippen molar-refractivity contribution in [2.45, 2.75) is 39.2 Å². The first-order chi connectivity index (χ1) is 10.6. The summed E-state index contributed by atoms with van der Waals surface area (Å²) in [5.41, 5.74) is 4.07. The van der Waals surface area contributed by atoms with E-state index >= 15 is 0 Å². The second-order valence-electron chi connectivity index (χ2n) is 5.89. The lowest BCUT2D eigenvalue weighted by Crippen LogP contribution is -2.32. The van der Waals surface area contributed by atoms with Crippen LogP contribution in [-0.2, 0) is 11.2 Å². The SMILES string of the molecule is Cc1n[nH]c(C)c1CC(=O)N1CCC[C@H]1c1ccc(Cl)cc1. The molecule has 2 heterocycles. The lowest BCUT2D eigenvalue weighted by atomic mass is 10.0. The molecule has 0 spiro atoms. The summed E-state index contributed by atoms with van der Waals surface area (Å²) in [5.74, 6) is 0.171. The molecule has 4 nitrogen and oxygen atoms in total. The van der Waals surface area contributed by atoms with Gasteiger partial charge in [-0.2, -0.15) is 5.10 Å². The van der Waals surface area contributed by atoms with Gasteiger partial charge >= 0.3 is 0 Å². The Hall–Kier alpha value is -1.81. The highest BCUT2D eigenvalue weighted by molar-refractivity contribution is 6.30. The first-order valence-corrected chi connectivity index (χ1v) is 7.99. The monoisotopic (exact) mass is 317 g/mol. The summed E-state index contributed by atoms with van der Waals surface area (Å²) < 4.78 is 0. The summed E-state index contributed by atoms with van der Waals surface area (Å²) in [6.07, 6.45) is 2.47. The minimum atomic E-state index is 0.164. The van der Waals surface area contributed by atoms with E-state index in [1.54, 1.807) is 0 Å². The lowest BCUT2D eigenvalue weighted by molar-refractivity contribution is -0.131. The molecule has 5 heteroatoms. The topological polar surface area (TPSA) is 49.0 Å². The number of carbonyl (C=O) groups is 1. The fourth-order valence-electron chi connectivity index (χ4n) is 3.18. The van der Waals surface area contributed by atoms with Crippen LogP contribution >= 0.6 is 11.6 Å². The van der Waals surface area contributed by atoms with Gasteiger partial charge < -0.3 is 4.90 Å². The van der Waals surface area contributed by atoms with Gasteiger partial charge in [0, 0.05) is 22.8 Å². The van der Waals surface area contributed by atoms with Crippen molar-refractivity contribution in [3.8, 4) is 0 Å². The summed E-state index contributed by atoms with van der Waals surface area (Å²) >= 11 is 5.96. The first kappa shape index (κ1) is 15.1. The van der Waals surface area contributed by atoms with Crippen molar-refractivity contribution in [1.29, 1.82) is 0 Å². The number of likely N-dealkylation sites (tertiary alicyclic amines) is 1. The number of aromatic nitrogens is 2. The average Bonchev–Trinajstić information content (AvgIpc) is 3.10. The quantitative estimate of drug-likeness (QED) is 0.940. The third-order valence-electron chi connectivity index (χ3n) is 4.44. The molecule has 0 bridgehead atoms. The van der Waals surface area contributed by atoms with Crippen LogP contribution in [-0.4, -0.2) is 27.5 Å². The van der Waals surface area contributed by atoms with E-state index in [2.05, 4.69) is 10.2 Å². The van der Waals surface area contributed by atoms with E-state index in [1.165, 1.54) is 0 Å². The molecule has 1 fully saturated rings. The van der Waals surface area contributed by atoms with Crippen molar-refractivity contribution in [1.82, 2.24) is 15.1 Å². The summed E-state index contributed by atoms with van der Waals surface area (Å²) in [7, 11) is 0. The number of aryl methyl sites for hydroxylation is 2. The Morgan fingerprint density at radius 3 is 2.73 bits per heavy atom. The molecule has 1 N–H and O–H groups in total. The summed E-state index contributed by atoms with van der Waals surface area (Å²) in [5, 5.41) is 7.85. The Balaban J connectivity index is 1.78. The third-order valence-corrected chi connectivity index (χ3v) is 4.69. The van der Waals surface area contributed by atoms with Gasteiger partial charge in [0.05, 0.1) is 18.2 Å². The molecule has 1 saturated heterocycles. The molecule has 1 aromatic carbocycles. The summed E-state index contributed by atoms with van der Waals surface area (Å²) in [6, 6.07) is 7.99. The van der Waals surface area contributed by atoms with Crippen LogP contribution in [0.1, 0.15) is 41.4 Å². The van der Waals surface area contributed by atoms with Gasteiger partial charge in [-0.3, -0.25) is 9.89 Å². The number of benzene rings is 1. The maximum absolute atomic E-state index is 12.7. The predicted octanol–water partition coefficient (Wildman–Crippen LogP) is 3.59. The van der Waals surface area contributed by atoms with Crippen LogP contribution in [0.25, 0.3) is 0 Å². The van der Waals surface area contributed by atoms with E-state index in [1.807, 2.05) is 43.0 Å². The van der Waals surface area contributed by atoms with Gasteiger partial charge in [0.25, 0.3) is 0 Å². The number of H-pyrrole nitrogens is 1. The van der Waals surface area contributed by atoms with E-state index in [-0.39, 0.29) is 11.9 Å². The molecule has 1 atom stereocenters. The second-order valence-corrected chi connectivity index (χ2v) is 6.32. The van der Waals surface area contributed by atoms with E-state index in [4.69, 9.17) is 11.6 Å². The van der Waals surface area contributed by atoms with E-state index in [0.717, 1.165) is 46.9 Å². The molecular weight excluding hydrogens is 298 g/mol. The smallest absolute Gasteiger partial charge is 0.227 e. The number of nitrogens with zero attached hydrogens (tertiary/aromatic N) is 2. The molecule has 116 valence electrons. The number of halogens is 1. The second kappa shape index (κ2) is 6.13. The first-order valence-electron chi connectivity index (χ1n) is 7.61. The number of rotatable bonds is 3. The van der Waals surface area contributed by atoms with Gasteiger partial charge in [-0.15, -0.1) is 0 Å². The molecule has 1 aromatic heterocycles. The third kappa shape index (κ3) is 2.88. The van der Waals surface area contributed by atoms with E-state index in [9.17, 15) is 4.79 Å². The highest BCUT2D eigenvalue weighted by Crippen LogP contribution is 2.33. The normalized spacial score (nSPS) is 18.0. The number of hydrogen-bond donors (Lipinski definition) is 1. The van der Waals surface area contributed by atoms with Crippen molar-refractivity contribution >= 4 is 17.5 Å². The molecular formula is C17H20ClN3O.